The summed E-state index contributed by atoms with van der Waals surface area (Å²) in [5.74, 6) is -0.412. The third-order valence-corrected chi connectivity index (χ3v) is 6.32. The van der Waals surface area contributed by atoms with Gasteiger partial charge in [-0.2, -0.15) is 0 Å². The molecule has 1 aliphatic rings. The van der Waals surface area contributed by atoms with E-state index in [1.54, 1.807) is 12.1 Å². The molecule has 0 bridgehead atoms. The summed E-state index contributed by atoms with van der Waals surface area (Å²) in [5.41, 5.74) is 0. The van der Waals surface area contributed by atoms with Crippen LogP contribution in [-0.4, -0.2) is 31.3 Å². The molecule has 1 saturated heterocycles. The van der Waals surface area contributed by atoms with E-state index in [0.29, 0.717) is 16.8 Å². The van der Waals surface area contributed by atoms with Gasteiger partial charge in [0.25, 0.3) is 0 Å². The van der Waals surface area contributed by atoms with Crippen molar-refractivity contribution in [1.82, 2.24) is 0 Å². The summed E-state index contributed by atoms with van der Waals surface area (Å²) < 4.78 is 17.4. The Morgan fingerprint density at radius 2 is 1.84 bits per heavy atom. The minimum absolute atomic E-state index is 0.110. The molecule has 8 heteroatoms. The van der Waals surface area contributed by atoms with Crippen LogP contribution >= 0.6 is 47.8 Å². The third kappa shape index (κ3) is 7.85. The van der Waals surface area contributed by atoms with E-state index in [-0.39, 0.29) is 12.1 Å². The zero-order valence-corrected chi connectivity index (χ0v) is 18.1. The summed E-state index contributed by atoms with van der Waals surface area (Å²) in [6.45, 7) is 7.76. The minimum Gasteiger partial charge on any atom is -0.460 e. The molecular formula is C17H17Br3O5. The van der Waals surface area contributed by atoms with Crippen LogP contribution in [0.1, 0.15) is 12.8 Å². The summed E-state index contributed by atoms with van der Waals surface area (Å²) in [5, 5.41) is 0. The average molecular weight is 541 g/mol. The van der Waals surface area contributed by atoms with E-state index in [1.807, 2.05) is 0 Å². The standard InChI is InChI=1S/C9H5Br3O2.C8H12O3/c1-2-7(13)14-6-4-3-5(10)8(11)9(6)12;1-2-8(9)11-6-7-4-3-5-10-7/h2-4H,1H2;2,7H,1,3-6H2. The topological polar surface area (TPSA) is 61.8 Å². The molecule has 1 aliphatic heterocycles. The van der Waals surface area contributed by atoms with Gasteiger partial charge >= 0.3 is 11.9 Å². The highest BCUT2D eigenvalue weighted by Gasteiger charge is 2.16. The Labute approximate surface area is 171 Å². The first-order valence-electron chi connectivity index (χ1n) is 7.27. The van der Waals surface area contributed by atoms with Crippen molar-refractivity contribution in [3.05, 3.63) is 50.9 Å². The molecule has 1 heterocycles. The molecule has 1 aromatic carbocycles. The lowest BCUT2D eigenvalue weighted by Crippen LogP contribution is -2.16. The Morgan fingerprint density at radius 3 is 2.40 bits per heavy atom. The molecule has 0 saturated carbocycles. The lowest BCUT2D eigenvalue weighted by molar-refractivity contribution is -0.140. The molecule has 1 fully saturated rings. The van der Waals surface area contributed by atoms with E-state index in [4.69, 9.17) is 14.2 Å². The van der Waals surface area contributed by atoms with Crippen molar-refractivity contribution in [2.75, 3.05) is 13.2 Å². The van der Waals surface area contributed by atoms with Crippen LogP contribution < -0.4 is 4.74 Å². The first-order chi connectivity index (χ1) is 11.9. The maximum absolute atomic E-state index is 10.9. The summed E-state index contributed by atoms with van der Waals surface area (Å²) in [6.07, 6.45) is 4.44. The zero-order valence-electron chi connectivity index (χ0n) is 13.3. The molecule has 25 heavy (non-hydrogen) atoms. The number of benzene rings is 1. The van der Waals surface area contributed by atoms with E-state index < -0.39 is 5.97 Å². The van der Waals surface area contributed by atoms with Crippen molar-refractivity contribution in [3.63, 3.8) is 0 Å². The molecule has 0 aromatic heterocycles. The van der Waals surface area contributed by atoms with E-state index in [1.165, 1.54) is 0 Å². The number of hydrogen-bond acceptors (Lipinski definition) is 5. The number of carbonyl (C=O) groups excluding carboxylic acids is 2. The number of esters is 2. The first-order valence-corrected chi connectivity index (χ1v) is 9.65. The number of rotatable bonds is 5. The van der Waals surface area contributed by atoms with Crippen molar-refractivity contribution in [2.24, 2.45) is 0 Å². The van der Waals surface area contributed by atoms with Crippen molar-refractivity contribution in [2.45, 2.75) is 18.9 Å². The molecular weight excluding hydrogens is 524 g/mol. The molecule has 136 valence electrons. The van der Waals surface area contributed by atoms with Crippen LogP contribution in [0, 0.1) is 0 Å². The van der Waals surface area contributed by atoms with Crippen LogP contribution in [0.15, 0.2) is 50.9 Å². The van der Waals surface area contributed by atoms with Gasteiger partial charge in [-0.3, -0.25) is 0 Å². The van der Waals surface area contributed by atoms with Crippen molar-refractivity contribution in [3.8, 4) is 5.75 Å². The van der Waals surface area contributed by atoms with E-state index in [0.717, 1.165) is 40.5 Å². The summed E-state index contributed by atoms with van der Waals surface area (Å²) in [7, 11) is 0. The Morgan fingerprint density at radius 1 is 1.16 bits per heavy atom. The van der Waals surface area contributed by atoms with Gasteiger partial charge in [0.05, 0.1) is 10.6 Å². The predicted octanol–water partition coefficient (Wildman–Crippen LogP) is 4.96. The highest BCUT2D eigenvalue weighted by Crippen LogP contribution is 2.37. The molecule has 1 unspecified atom stereocenters. The number of hydrogen-bond donors (Lipinski definition) is 0. The quantitative estimate of drug-likeness (QED) is 0.229. The highest BCUT2D eigenvalue weighted by molar-refractivity contribution is 9.14. The molecule has 0 spiro atoms. The second kappa shape index (κ2) is 11.6. The number of carbonyl (C=O) groups is 2. The molecule has 1 aromatic rings. The Bertz CT molecular complexity index is 639. The van der Waals surface area contributed by atoms with Gasteiger partial charge in [0.1, 0.15) is 12.4 Å². The molecule has 1 atom stereocenters. The normalized spacial score (nSPS) is 15.6. The summed E-state index contributed by atoms with van der Waals surface area (Å²) in [6, 6.07) is 3.46. The fourth-order valence-electron chi connectivity index (χ4n) is 1.75. The Kier molecular flexibility index (Phi) is 10.3. The van der Waals surface area contributed by atoms with Gasteiger partial charge < -0.3 is 14.2 Å². The average Bonchev–Trinajstić information content (AvgIpc) is 3.14. The van der Waals surface area contributed by atoms with Crippen LogP contribution in [0.2, 0.25) is 0 Å². The predicted molar refractivity (Wildman–Crippen MR) is 106 cm³/mol. The van der Waals surface area contributed by atoms with E-state index in [2.05, 4.69) is 60.9 Å². The van der Waals surface area contributed by atoms with Gasteiger partial charge in [-0.15, -0.1) is 0 Å². The van der Waals surface area contributed by atoms with E-state index >= 15 is 0 Å². The Hall–Kier alpha value is -0.960. The van der Waals surface area contributed by atoms with Crippen LogP contribution in [-0.2, 0) is 19.1 Å². The maximum atomic E-state index is 10.9. The second-order valence-electron chi connectivity index (χ2n) is 4.77. The van der Waals surface area contributed by atoms with Gasteiger partial charge in [-0.05, 0) is 72.8 Å². The fourth-order valence-corrected chi connectivity index (χ4v) is 3.10. The SMILES string of the molecule is C=CC(=O)OCC1CCCO1.C=CC(=O)Oc1ccc(Br)c(Br)c1Br. The first kappa shape index (κ1) is 22.1. The zero-order chi connectivity index (χ0) is 18.8. The molecule has 5 nitrogen and oxygen atoms in total. The monoisotopic (exact) mass is 538 g/mol. The van der Waals surface area contributed by atoms with Crippen LogP contribution in [0.5, 0.6) is 5.75 Å². The van der Waals surface area contributed by atoms with Crippen molar-refractivity contribution >= 4 is 59.7 Å². The summed E-state index contributed by atoms with van der Waals surface area (Å²) >= 11 is 9.96. The largest absolute Gasteiger partial charge is 0.460 e. The fraction of sp³-hybridized carbons (Fsp3) is 0.294. The number of ether oxygens (including phenoxy) is 3. The lowest BCUT2D eigenvalue weighted by atomic mass is 10.2. The van der Waals surface area contributed by atoms with Gasteiger partial charge in [-0.1, -0.05) is 13.2 Å². The van der Waals surface area contributed by atoms with Crippen LogP contribution in [0.25, 0.3) is 0 Å². The van der Waals surface area contributed by atoms with Gasteiger partial charge in [0, 0.05) is 27.7 Å². The van der Waals surface area contributed by atoms with Crippen molar-refractivity contribution in [1.29, 1.82) is 0 Å². The number of halogens is 3. The smallest absolute Gasteiger partial charge is 0.335 e. The van der Waals surface area contributed by atoms with Crippen LogP contribution in [0.3, 0.4) is 0 Å². The maximum Gasteiger partial charge on any atom is 0.335 e. The molecule has 0 radical (unpaired) electrons. The van der Waals surface area contributed by atoms with Gasteiger partial charge in [0.2, 0.25) is 0 Å². The second-order valence-corrected chi connectivity index (χ2v) is 7.21. The highest BCUT2D eigenvalue weighted by atomic mass is 79.9. The molecule has 0 amide bonds. The van der Waals surface area contributed by atoms with Gasteiger partial charge in [0.15, 0.2) is 0 Å². The third-order valence-electron chi connectivity index (χ3n) is 2.98. The van der Waals surface area contributed by atoms with Crippen molar-refractivity contribution < 1.29 is 23.8 Å². The van der Waals surface area contributed by atoms with Crippen LogP contribution in [0.4, 0.5) is 0 Å². The molecule has 2 rings (SSSR count). The molecule has 0 aliphatic carbocycles. The minimum atomic E-state index is -0.486. The summed E-state index contributed by atoms with van der Waals surface area (Å²) in [4.78, 5) is 21.5. The molecule has 0 N–H and O–H groups in total. The van der Waals surface area contributed by atoms with Gasteiger partial charge in [-0.25, -0.2) is 9.59 Å². The van der Waals surface area contributed by atoms with E-state index in [9.17, 15) is 9.59 Å². The lowest BCUT2D eigenvalue weighted by Gasteiger charge is -2.07. The Balaban J connectivity index is 0.000000257.